The summed E-state index contributed by atoms with van der Waals surface area (Å²) in [7, 11) is -3.57. The Morgan fingerprint density at radius 3 is 2.76 bits per heavy atom. The van der Waals surface area contributed by atoms with Gasteiger partial charge in [-0.1, -0.05) is 6.92 Å². The first-order valence-electron chi connectivity index (χ1n) is 5.55. The van der Waals surface area contributed by atoms with Gasteiger partial charge in [0, 0.05) is 6.61 Å². The van der Waals surface area contributed by atoms with Gasteiger partial charge >= 0.3 is 5.97 Å². The van der Waals surface area contributed by atoms with Crippen LogP contribution in [0, 0.1) is 5.92 Å². The molecule has 1 heterocycles. The van der Waals surface area contributed by atoms with E-state index in [4.69, 9.17) is 9.47 Å². The van der Waals surface area contributed by atoms with Crippen LogP contribution in [0.15, 0.2) is 0 Å². The van der Waals surface area contributed by atoms with E-state index in [2.05, 4.69) is 4.18 Å². The zero-order valence-corrected chi connectivity index (χ0v) is 10.9. The molecule has 0 spiro atoms. The van der Waals surface area contributed by atoms with E-state index in [0.29, 0.717) is 19.4 Å². The van der Waals surface area contributed by atoms with Crippen LogP contribution < -0.4 is 0 Å². The second-order valence-corrected chi connectivity index (χ2v) is 5.67. The average molecular weight is 266 g/mol. The highest BCUT2D eigenvalue weighted by Crippen LogP contribution is 2.23. The third kappa shape index (κ3) is 5.47. The van der Waals surface area contributed by atoms with Crippen LogP contribution in [0.5, 0.6) is 0 Å². The molecule has 6 nitrogen and oxygen atoms in total. The van der Waals surface area contributed by atoms with Gasteiger partial charge < -0.3 is 9.47 Å². The van der Waals surface area contributed by atoms with E-state index < -0.39 is 22.9 Å². The van der Waals surface area contributed by atoms with Crippen molar-refractivity contribution in [1.29, 1.82) is 0 Å². The number of carbonyl (C=O) groups is 1. The lowest BCUT2D eigenvalue weighted by Gasteiger charge is -2.27. The predicted octanol–water partition coefficient (Wildman–Crippen LogP) is 0.668. The zero-order valence-electron chi connectivity index (χ0n) is 10.0. The quantitative estimate of drug-likeness (QED) is 0.413. The predicted molar refractivity (Wildman–Crippen MR) is 59.6 cm³/mol. The molecule has 100 valence electrons. The Morgan fingerprint density at radius 1 is 1.47 bits per heavy atom. The van der Waals surface area contributed by atoms with Crippen LogP contribution in [0.25, 0.3) is 0 Å². The molecule has 2 atom stereocenters. The lowest BCUT2D eigenvalue weighted by Crippen LogP contribution is -2.31. The molecule has 0 N–H and O–H groups in total. The molecule has 17 heavy (non-hydrogen) atoms. The first-order chi connectivity index (χ1) is 7.92. The Kier molecular flexibility index (Phi) is 5.35. The molecule has 0 aromatic rings. The number of rotatable bonds is 5. The monoisotopic (exact) mass is 266 g/mol. The molecule has 2 unspecified atom stereocenters. The highest BCUT2D eigenvalue weighted by atomic mass is 32.2. The lowest BCUT2D eigenvalue weighted by molar-refractivity contribution is -0.160. The summed E-state index contributed by atoms with van der Waals surface area (Å²) in [6.45, 7) is 1.97. The molecular formula is C10H18O6S. The Bertz CT molecular complexity index is 350. The number of hydrogen-bond acceptors (Lipinski definition) is 6. The molecule has 1 aliphatic rings. The molecule has 0 radical (unpaired) electrons. The van der Waals surface area contributed by atoms with Gasteiger partial charge in [-0.3, -0.25) is 4.79 Å². The Labute approximate surface area is 101 Å². The van der Waals surface area contributed by atoms with Crippen molar-refractivity contribution in [1.82, 2.24) is 0 Å². The molecule has 0 saturated carbocycles. The van der Waals surface area contributed by atoms with Crippen molar-refractivity contribution < 1.29 is 26.9 Å². The molecular weight excluding hydrogens is 248 g/mol. The Balaban J connectivity index is 2.32. The maximum atomic E-state index is 11.6. The summed E-state index contributed by atoms with van der Waals surface area (Å²) < 4.78 is 35.8. The first-order valence-corrected chi connectivity index (χ1v) is 7.36. The van der Waals surface area contributed by atoms with Crippen molar-refractivity contribution in [3.63, 3.8) is 0 Å². The molecule has 1 rings (SSSR count). The second kappa shape index (κ2) is 6.32. The third-order valence-corrected chi connectivity index (χ3v) is 3.14. The number of carbonyl (C=O) groups excluding carboxylic acids is 1. The molecule has 0 aromatic carbocycles. The van der Waals surface area contributed by atoms with Gasteiger partial charge in [0.25, 0.3) is 10.1 Å². The van der Waals surface area contributed by atoms with Gasteiger partial charge in [-0.15, -0.1) is 0 Å². The number of ether oxygens (including phenoxy) is 2. The van der Waals surface area contributed by atoms with Gasteiger partial charge in [-0.05, 0) is 19.3 Å². The lowest BCUT2D eigenvalue weighted by atomic mass is 9.95. The fraction of sp³-hybridized carbons (Fsp3) is 0.900. The third-order valence-electron chi connectivity index (χ3n) is 2.62. The summed E-state index contributed by atoms with van der Waals surface area (Å²) >= 11 is 0. The van der Waals surface area contributed by atoms with Crippen molar-refractivity contribution in [3.8, 4) is 0 Å². The van der Waals surface area contributed by atoms with Crippen LogP contribution in [0.2, 0.25) is 0 Å². The molecule has 1 fully saturated rings. The summed E-state index contributed by atoms with van der Waals surface area (Å²) in [6, 6.07) is 0. The fourth-order valence-electron chi connectivity index (χ4n) is 1.67. The summed E-state index contributed by atoms with van der Waals surface area (Å²) in [5.41, 5.74) is 0. The Hall–Kier alpha value is -0.660. The van der Waals surface area contributed by atoms with E-state index in [-0.39, 0.29) is 12.0 Å². The van der Waals surface area contributed by atoms with Gasteiger partial charge in [0.1, 0.15) is 0 Å². The summed E-state index contributed by atoms with van der Waals surface area (Å²) in [5.74, 6) is -0.646. The fourth-order valence-corrected chi connectivity index (χ4v) is 1.89. The molecule has 0 aromatic heterocycles. The minimum Gasteiger partial charge on any atom is -0.437 e. The van der Waals surface area contributed by atoms with E-state index in [0.717, 1.165) is 12.7 Å². The van der Waals surface area contributed by atoms with Gasteiger partial charge in [0.15, 0.2) is 0 Å². The van der Waals surface area contributed by atoms with Crippen LogP contribution in [0.3, 0.4) is 0 Å². The first kappa shape index (κ1) is 14.4. The second-order valence-electron chi connectivity index (χ2n) is 4.03. The van der Waals surface area contributed by atoms with Crippen molar-refractivity contribution in [2.75, 3.05) is 19.7 Å². The van der Waals surface area contributed by atoms with E-state index in [1.54, 1.807) is 0 Å². The summed E-state index contributed by atoms with van der Waals surface area (Å²) in [4.78, 5) is 11.6. The van der Waals surface area contributed by atoms with Crippen LogP contribution in [0.4, 0.5) is 0 Å². The molecule has 1 aliphatic heterocycles. The molecule has 7 heteroatoms. The molecule has 0 aliphatic carbocycles. The minimum atomic E-state index is -3.57. The Morgan fingerprint density at radius 2 is 2.18 bits per heavy atom. The maximum absolute atomic E-state index is 11.6. The van der Waals surface area contributed by atoms with E-state index in [1.165, 1.54) is 0 Å². The van der Waals surface area contributed by atoms with E-state index >= 15 is 0 Å². The van der Waals surface area contributed by atoms with Gasteiger partial charge in [-0.2, -0.15) is 8.42 Å². The van der Waals surface area contributed by atoms with Crippen LogP contribution in [-0.4, -0.2) is 40.1 Å². The van der Waals surface area contributed by atoms with Crippen molar-refractivity contribution in [2.24, 2.45) is 5.92 Å². The van der Waals surface area contributed by atoms with Crippen molar-refractivity contribution in [3.05, 3.63) is 0 Å². The summed E-state index contributed by atoms with van der Waals surface area (Å²) in [5, 5.41) is 0. The highest BCUT2D eigenvalue weighted by Gasteiger charge is 2.28. The molecule has 1 saturated heterocycles. The van der Waals surface area contributed by atoms with Gasteiger partial charge in [0.05, 0.1) is 18.3 Å². The number of hydrogen-bond donors (Lipinski definition) is 0. The van der Waals surface area contributed by atoms with Crippen molar-refractivity contribution in [2.45, 2.75) is 32.3 Å². The van der Waals surface area contributed by atoms with Crippen LogP contribution in [-0.2, 0) is 28.6 Å². The van der Waals surface area contributed by atoms with Crippen molar-refractivity contribution >= 4 is 16.1 Å². The summed E-state index contributed by atoms with van der Waals surface area (Å²) in [6.07, 6.45) is 3.06. The van der Waals surface area contributed by atoms with Gasteiger partial charge in [0.2, 0.25) is 6.79 Å². The average Bonchev–Trinajstić information content (AvgIpc) is 2.27. The van der Waals surface area contributed by atoms with Gasteiger partial charge in [-0.25, -0.2) is 4.18 Å². The number of esters is 1. The topological polar surface area (TPSA) is 78.9 Å². The molecule has 0 amide bonds. The molecule has 0 bridgehead atoms. The standard InChI is InChI=1S/C10H18O6S/c1-3-9-6-8(4-5-14-9)10(11)15-7-16-17(2,12)13/h8-9H,3-7H2,1-2H3. The van der Waals surface area contributed by atoms with Crippen LogP contribution in [0.1, 0.15) is 26.2 Å². The maximum Gasteiger partial charge on any atom is 0.311 e. The largest absolute Gasteiger partial charge is 0.437 e. The van der Waals surface area contributed by atoms with Crippen LogP contribution >= 0.6 is 0 Å². The SMILES string of the molecule is CCC1CC(C(=O)OCOS(C)(=O)=O)CCO1. The zero-order chi connectivity index (χ0) is 12.9. The van der Waals surface area contributed by atoms with E-state index in [9.17, 15) is 13.2 Å². The highest BCUT2D eigenvalue weighted by molar-refractivity contribution is 7.85. The van der Waals surface area contributed by atoms with E-state index in [1.807, 2.05) is 6.92 Å². The smallest absolute Gasteiger partial charge is 0.311 e. The minimum absolute atomic E-state index is 0.0807. The normalized spacial score (nSPS) is 25.5.